The van der Waals surface area contributed by atoms with Crippen LogP contribution in [0.4, 0.5) is 5.69 Å². The molecule has 0 saturated heterocycles. The zero-order valence-electron chi connectivity index (χ0n) is 8.18. The molecule has 2 aromatic rings. The minimum atomic E-state index is -0.584. The topological polar surface area (TPSA) is 78.2 Å². The Kier molecular flexibility index (Phi) is 2.57. The largest absolute Gasteiger partial charge is 0.481 e. The van der Waals surface area contributed by atoms with E-state index in [2.05, 4.69) is 9.97 Å². The number of aromatic nitrogens is 2. The van der Waals surface area contributed by atoms with Crippen molar-refractivity contribution in [1.82, 2.24) is 9.97 Å². The molecular formula is C9H6ClN3O3. The Morgan fingerprint density at radius 3 is 2.88 bits per heavy atom. The SMILES string of the molecule is COc1ccc2c(Cl)c([N+](=O)[O-])cnc2n1. The van der Waals surface area contributed by atoms with Gasteiger partial charge in [0.1, 0.15) is 11.2 Å². The fourth-order valence-corrected chi connectivity index (χ4v) is 1.52. The summed E-state index contributed by atoms with van der Waals surface area (Å²) in [6.45, 7) is 0. The monoisotopic (exact) mass is 239 g/mol. The van der Waals surface area contributed by atoms with Gasteiger partial charge < -0.3 is 4.74 Å². The third-order valence-corrected chi connectivity index (χ3v) is 2.42. The van der Waals surface area contributed by atoms with Gasteiger partial charge in [-0.05, 0) is 6.07 Å². The molecule has 0 unspecified atom stereocenters. The van der Waals surface area contributed by atoms with Crippen LogP contribution in [0, 0.1) is 10.1 Å². The zero-order chi connectivity index (χ0) is 11.7. The summed E-state index contributed by atoms with van der Waals surface area (Å²) in [7, 11) is 1.47. The van der Waals surface area contributed by atoms with Crippen molar-refractivity contribution in [1.29, 1.82) is 0 Å². The molecule has 82 valence electrons. The Hall–Kier alpha value is -1.95. The number of hydrogen-bond donors (Lipinski definition) is 0. The minimum absolute atomic E-state index is 0.0325. The van der Waals surface area contributed by atoms with E-state index in [4.69, 9.17) is 16.3 Å². The first kappa shape index (κ1) is 10.6. The van der Waals surface area contributed by atoms with E-state index in [0.717, 1.165) is 6.20 Å². The fraction of sp³-hybridized carbons (Fsp3) is 0.111. The third-order valence-electron chi connectivity index (χ3n) is 2.03. The quantitative estimate of drug-likeness (QED) is 0.593. The average Bonchev–Trinajstić information content (AvgIpc) is 2.28. The summed E-state index contributed by atoms with van der Waals surface area (Å²) in [6, 6.07) is 3.16. The van der Waals surface area contributed by atoms with E-state index in [9.17, 15) is 10.1 Å². The summed E-state index contributed by atoms with van der Waals surface area (Å²) in [5.74, 6) is 0.380. The van der Waals surface area contributed by atoms with Crippen LogP contribution in [-0.2, 0) is 0 Å². The second-order valence-corrected chi connectivity index (χ2v) is 3.32. The predicted octanol–water partition coefficient (Wildman–Crippen LogP) is 2.20. The maximum atomic E-state index is 10.6. The summed E-state index contributed by atoms with van der Waals surface area (Å²) in [5, 5.41) is 11.1. The first-order valence-corrected chi connectivity index (χ1v) is 4.65. The first-order valence-electron chi connectivity index (χ1n) is 4.27. The highest BCUT2D eigenvalue weighted by Crippen LogP contribution is 2.30. The van der Waals surface area contributed by atoms with Crippen LogP contribution in [0.2, 0.25) is 5.02 Å². The molecule has 7 heteroatoms. The summed E-state index contributed by atoms with van der Waals surface area (Å²) in [4.78, 5) is 17.9. The third kappa shape index (κ3) is 1.63. The maximum absolute atomic E-state index is 10.6. The number of hydrogen-bond acceptors (Lipinski definition) is 5. The smallest absolute Gasteiger partial charge is 0.306 e. The van der Waals surface area contributed by atoms with Gasteiger partial charge in [-0.1, -0.05) is 11.6 Å². The molecular weight excluding hydrogens is 234 g/mol. The van der Waals surface area contributed by atoms with E-state index in [0.29, 0.717) is 16.9 Å². The van der Waals surface area contributed by atoms with Gasteiger partial charge in [-0.3, -0.25) is 10.1 Å². The Balaban J connectivity index is 2.71. The van der Waals surface area contributed by atoms with Gasteiger partial charge in [-0.25, -0.2) is 4.98 Å². The van der Waals surface area contributed by atoms with E-state index < -0.39 is 4.92 Å². The number of ether oxygens (including phenoxy) is 1. The number of nitro groups is 1. The lowest BCUT2D eigenvalue weighted by Gasteiger charge is -2.02. The molecule has 0 bridgehead atoms. The molecule has 2 heterocycles. The van der Waals surface area contributed by atoms with Crippen LogP contribution in [0.5, 0.6) is 5.88 Å². The molecule has 2 aromatic heterocycles. The lowest BCUT2D eigenvalue weighted by atomic mass is 10.2. The van der Waals surface area contributed by atoms with Crippen LogP contribution < -0.4 is 4.74 Å². The molecule has 0 aliphatic rings. The molecule has 0 aliphatic heterocycles. The van der Waals surface area contributed by atoms with Gasteiger partial charge in [0.15, 0.2) is 5.65 Å². The van der Waals surface area contributed by atoms with E-state index >= 15 is 0 Å². The zero-order valence-corrected chi connectivity index (χ0v) is 8.93. The van der Waals surface area contributed by atoms with E-state index in [1.165, 1.54) is 7.11 Å². The Morgan fingerprint density at radius 2 is 2.25 bits per heavy atom. The summed E-state index contributed by atoms with van der Waals surface area (Å²) in [6.07, 6.45) is 1.08. The molecule has 0 N–H and O–H groups in total. The molecule has 0 aromatic carbocycles. The predicted molar refractivity (Wildman–Crippen MR) is 57.8 cm³/mol. The van der Waals surface area contributed by atoms with E-state index in [1.54, 1.807) is 12.1 Å². The molecule has 0 aliphatic carbocycles. The Bertz CT molecular complexity index is 573. The maximum Gasteiger partial charge on any atom is 0.306 e. The van der Waals surface area contributed by atoms with Crippen LogP contribution >= 0.6 is 11.6 Å². The molecule has 2 rings (SSSR count). The molecule has 16 heavy (non-hydrogen) atoms. The molecule has 0 amide bonds. The van der Waals surface area contributed by atoms with Gasteiger partial charge in [0.2, 0.25) is 5.88 Å². The highest BCUT2D eigenvalue weighted by Gasteiger charge is 2.16. The lowest BCUT2D eigenvalue weighted by molar-refractivity contribution is -0.384. The van der Waals surface area contributed by atoms with Crippen molar-refractivity contribution in [2.45, 2.75) is 0 Å². The average molecular weight is 240 g/mol. The van der Waals surface area contributed by atoms with Crippen LogP contribution in [0.15, 0.2) is 18.3 Å². The van der Waals surface area contributed by atoms with Gasteiger partial charge >= 0.3 is 5.69 Å². The molecule has 0 atom stereocenters. The van der Waals surface area contributed by atoms with Crippen molar-refractivity contribution in [3.63, 3.8) is 0 Å². The van der Waals surface area contributed by atoms with E-state index in [1.807, 2.05) is 0 Å². The number of nitrogens with zero attached hydrogens (tertiary/aromatic N) is 3. The highest BCUT2D eigenvalue weighted by molar-refractivity contribution is 6.37. The van der Waals surface area contributed by atoms with Gasteiger partial charge in [0.25, 0.3) is 0 Å². The van der Waals surface area contributed by atoms with Crippen molar-refractivity contribution < 1.29 is 9.66 Å². The van der Waals surface area contributed by atoms with Crippen molar-refractivity contribution in [2.75, 3.05) is 7.11 Å². The summed E-state index contributed by atoms with van der Waals surface area (Å²) in [5.41, 5.74) is 0.0797. The number of halogens is 1. The van der Waals surface area contributed by atoms with Gasteiger partial charge in [0.05, 0.1) is 12.0 Å². The second kappa shape index (κ2) is 3.90. The molecule has 0 saturated carbocycles. The van der Waals surface area contributed by atoms with Crippen molar-refractivity contribution in [3.8, 4) is 5.88 Å². The molecule has 0 spiro atoms. The first-order chi connectivity index (χ1) is 7.63. The molecule has 0 radical (unpaired) electrons. The number of fused-ring (bicyclic) bond motifs is 1. The minimum Gasteiger partial charge on any atom is -0.481 e. The summed E-state index contributed by atoms with van der Waals surface area (Å²) < 4.78 is 4.91. The highest BCUT2D eigenvalue weighted by atomic mass is 35.5. The van der Waals surface area contributed by atoms with Crippen molar-refractivity contribution in [2.24, 2.45) is 0 Å². The second-order valence-electron chi connectivity index (χ2n) is 2.94. The standard InChI is InChI=1S/C9H6ClN3O3/c1-16-7-3-2-5-8(10)6(13(14)15)4-11-9(5)12-7/h2-4H,1H3. The summed E-state index contributed by atoms with van der Waals surface area (Å²) >= 11 is 5.87. The van der Waals surface area contributed by atoms with Crippen LogP contribution in [0.25, 0.3) is 11.0 Å². The van der Waals surface area contributed by atoms with Crippen molar-refractivity contribution >= 4 is 28.3 Å². The number of rotatable bonds is 2. The molecule has 0 fully saturated rings. The fourth-order valence-electron chi connectivity index (χ4n) is 1.26. The number of pyridine rings is 2. The Labute approximate surface area is 95.0 Å². The number of methoxy groups -OCH3 is 1. The van der Waals surface area contributed by atoms with Crippen LogP contribution in [0.3, 0.4) is 0 Å². The lowest BCUT2D eigenvalue weighted by Crippen LogP contribution is -1.94. The Morgan fingerprint density at radius 1 is 1.50 bits per heavy atom. The van der Waals surface area contributed by atoms with Crippen LogP contribution in [-0.4, -0.2) is 22.0 Å². The van der Waals surface area contributed by atoms with Gasteiger partial charge in [-0.2, -0.15) is 4.98 Å². The molecule has 6 nitrogen and oxygen atoms in total. The van der Waals surface area contributed by atoms with E-state index in [-0.39, 0.29) is 10.7 Å². The normalized spacial score (nSPS) is 10.4. The van der Waals surface area contributed by atoms with Crippen molar-refractivity contribution in [3.05, 3.63) is 33.5 Å². The van der Waals surface area contributed by atoms with Crippen LogP contribution in [0.1, 0.15) is 0 Å². The van der Waals surface area contributed by atoms with Gasteiger partial charge in [0, 0.05) is 11.5 Å². The van der Waals surface area contributed by atoms with Gasteiger partial charge in [-0.15, -0.1) is 0 Å².